The van der Waals surface area contributed by atoms with Crippen molar-refractivity contribution in [3.63, 3.8) is 0 Å². The van der Waals surface area contributed by atoms with Crippen LogP contribution in [0.5, 0.6) is 0 Å². The lowest BCUT2D eigenvalue weighted by Crippen LogP contribution is -2.37. The molecule has 17 heavy (non-hydrogen) atoms. The molecule has 0 fully saturated rings. The van der Waals surface area contributed by atoms with Crippen molar-refractivity contribution in [2.45, 2.75) is 13.3 Å². The van der Waals surface area contributed by atoms with Gasteiger partial charge in [0.05, 0.1) is 9.43 Å². The molecule has 0 aliphatic heterocycles. The van der Waals surface area contributed by atoms with Gasteiger partial charge >= 0.3 is 0 Å². The number of thiophene rings is 1. The Bertz CT molecular complexity index is 406. The lowest BCUT2D eigenvalue weighted by atomic mass is 10.3. The molecule has 0 atom stereocenters. The average molecular weight is 361 g/mol. The van der Waals surface area contributed by atoms with Crippen molar-refractivity contribution in [2.24, 2.45) is 4.99 Å². The summed E-state index contributed by atoms with van der Waals surface area (Å²) in [5, 5.41) is 6.22. The molecular formula is C12H16IN3S. The maximum Gasteiger partial charge on any atom is 0.192 e. The van der Waals surface area contributed by atoms with Crippen LogP contribution in [-0.2, 0) is 6.42 Å². The maximum atomic E-state index is 5.20. The Morgan fingerprint density at radius 1 is 1.53 bits per heavy atom. The Kier molecular flexibility index (Phi) is 7.05. The van der Waals surface area contributed by atoms with E-state index in [1.807, 2.05) is 18.3 Å². The van der Waals surface area contributed by atoms with Gasteiger partial charge in [-0.25, -0.2) is 0 Å². The zero-order valence-corrected chi connectivity index (χ0v) is 12.8. The Balaban J connectivity index is 2.40. The zero-order valence-electron chi connectivity index (χ0n) is 9.79. The van der Waals surface area contributed by atoms with Gasteiger partial charge in [0.1, 0.15) is 0 Å². The van der Waals surface area contributed by atoms with Gasteiger partial charge in [0.15, 0.2) is 5.96 Å². The number of guanidine groups is 1. The minimum absolute atomic E-state index is 0.503. The summed E-state index contributed by atoms with van der Waals surface area (Å²) in [5.41, 5.74) is 0. The summed E-state index contributed by atoms with van der Waals surface area (Å²) < 4.78 is 1.32. The van der Waals surface area contributed by atoms with Crippen LogP contribution in [0.4, 0.5) is 0 Å². The number of aliphatic imine (C=N–C) groups is 1. The van der Waals surface area contributed by atoms with Crippen molar-refractivity contribution in [1.82, 2.24) is 10.6 Å². The third-order valence-electron chi connectivity index (χ3n) is 1.96. The molecule has 0 radical (unpaired) electrons. The van der Waals surface area contributed by atoms with Crippen LogP contribution in [0.2, 0.25) is 0 Å². The molecule has 0 bridgehead atoms. The third kappa shape index (κ3) is 5.94. The summed E-state index contributed by atoms with van der Waals surface area (Å²) >= 11 is 4.15. The quantitative estimate of drug-likeness (QED) is 0.365. The van der Waals surface area contributed by atoms with E-state index in [1.165, 1.54) is 7.76 Å². The van der Waals surface area contributed by atoms with Crippen LogP contribution < -0.4 is 10.6 Å². The number of nitrogens with one attached hydrogen (secondary N) is 2. The summed E-state index contributed by atoms with van der Waals surface area (Å²) in [6, 6.07) is 4.29. The molecule has 1 heterocycles. The topological polar surface area (TPSA) is 36.4 Å². The number of hydrogen-bond acceptors (Lipinski definition) is 2. The number of terminal acetylenes is 1. The highest BCUT2D eigenvalue weighted by Gasteiger charge is 1.98. The molecule has 0 aliphatic carbocycles. The summed E-state index contributed by atoms with van der Waals surface area (Å²) in [4.78, 5) is 5.83. The standard InChI is InChI=1S/C12H16IN3S/c1-3-8-15-12(14-4-2)16-9-7-10-5-6-11(13)17-10/h1,5-6H,4,7-9H2,2H3,(H2,14,15,16). The molecular weight excluding hydrogens is 345 g/mol. The molecule has 0 spiro atoms. The number of nitrogens with zero attached hydrogens (tertiary/aromatic N) is 1. The Morgan fingerprint density at radius 2 is 2.35 bits per heavy atom. The maximum absolute atomic E-state index is 5.20. The molecule has 0 amide bonds. The van der Waals surface area contributed by atoms with Gasteiger partial charge in [0.25, 0.3) is 0 Å². The van der Waals surface area contributed by atoms with Crippen molar-refractivity contribution >= 4 is 39.9 Å². The van der Waals surface area contributed by atoms with Gasteiger partial charge in [-0.2, -0.15) is 0 Å². The second-order valence-corrected chi connectivity index (χ2v) is 6.34. The summed E-state index contributed by atoms with van der Waals surface area (Å²) in [5.74, 6) is 3.33. The summed E-state index contributed by atoms with van der Waals surface area (Å²) in [7, 11) is 0. The second-order valence-electron chi connectivity index (χ2n) is 3.27. The van der Waals surface area contributed by atoms with Gasteiger partial charge in [-0.3, -0.25) is 4.99 Å². The molecule has 1 aromatic rings. The van der Waals surface area contributed by atoms with Gasteiger partial charge in [-0.1, -0.05) is 5.92 Å². The first-order valence-electron chi connectivity index (χ1n) is 5.46. The molecule has 1 aromatic heterocycles. The van der Waals surface area contributed by atoms with Crippen LogP contribution in [-0.4, -0.2) is 25.6 Å². The first-order chi connectivity index (χ1) is 8.26. The monoisotopic (exact) mass is 361 g/mol. The minimum atomic E-state index is 0.503. The van der Waals surface area contributed by atoms with E-state index in [1.54, 1.807) is 0 Å². The number of halogens is 1. The highest BCUT2D eigenvalue weighted by molar-refractivity contribution is 14.1. The van der Waals surface area contributed by atoms with Crippen LogP contribution in [0.3, 0.4) is 0 Å². The van der Waals surface area contributed by atoms with Crippen LogP contribution in [0.15, 0.2) is 17.1 Å². The highest BCUT2D eigenvalue weighted by atomic mass is 127. The molecule has 0 aromatic carbocycles. The van der Waals surface area contributed by atoms with E-state index in [4.69, 9.17) is 6.42 Å². The van der Waals surface area contributed by atoms with Crippen LogP contribution in [0.25, 0.3) is 0 Å². The van der Waals surface area contributed by atoms with E-state index in [-0.39, 0.29) is 0 Å². The Labute approximate surface area is 120 Å². The van der Waals surface area contributed by atoms with Crippen molar-refractivity contribution in [3.8, 4) is 12.3 Å². The smallest absolute Gasteiger partial charge is 0.192 e. The number of rotatable bonds is 5. The predicted molar refractivity (Wildman–Crippen MR) is 83.6 cm³/mol. The van der Waals surface area contributed by atoms with Gasteiger partial charge < -0.3 is 10.6 Å². The van der Waals surface area contributed by atoms with E-state index in [0.29, 0.717) is 6.54 Å². The fraction of sp³-hybridized carbons (Fsp3) is 0.417. The first kappa shape index (κ1) is 14.3. The van der Waals surface area contributed by atoms with Crippen LogP contribution >= 0.6 is 33.9 Å². The van der Waals surface area contributed by atoms with E-state index >= 15 is 0 Å². The SMILES string of the molecule is C#CCNC(=NCCc1ccc(I)s1)NCC. The van der Waals surface area contributed by atoms with Gasteiger partial charge in [0.2, 0.25) is 0 Å². The second kappa shape index (κ2) is 8.37. The molecule has 0 saturated heterocycles. The van der Waals surface area contributed by atoms with Gasteiger partial charge in [0, 0.05) is 24.4 Å². The molecule has 3 nitrogen and oxygen atoms in total. The molecule has 2 N–H and O–H groups in total. The highest BCUT2D eigenvalue weighted by Crippen LogP contribution is 2.18. The Hall–Kier alpha value is -0.740. The lowest BCUT2D eigenvalue weighted by Gasteiger charge is -2.08. The fourth-order valence-corrected chi connectivity index (χ4v) is 2.98. The van der Waals surface area contributed by atoms with Gasteiger partial charge in [-0.05, 0) is 41.6 Å². The van der Waals surface area contributed by atoms with E-state index in [2.05, 4.69) is 56.3 Å². The average Bonchev–Trinajstić information content (AvgIpc) is 2.72. The molecule has 0 saturated carbocycles. The van der Waals surface area contributed by atoms with E-state index in [0.717, 1.165) is 25.5 Å². The summed E-state index contributed by atoms with van der Waals surface area (Å²) in [6.45, 7) is 4.15. The third-order valence-corrected chi connectivity index (χ3v) is 3.91. The van der Waals surface area contributed by atoms with Gasteiger partial charge in [-0.15, -0.1) is 17.8 Å². The first-order valence-corrected chi connectivity index (χ1v) is 7.35. The van der Waals surface area contributed by atoms with E-state index in [9.17, 15) is 0 Å². The summed E-state index contributed by atoms with van der Waals surface area (Å²) in [6.07, 6.45) is 6.17. The molecule has 5 heteroatoms. The number of hydrogen-bond donors (Lipinski definition) is 2. The van der Waals surface area contributed by atoms with Crippen LogP contribution in [0.1, 0.15) is 11.8 Å². The molecule has 0 aliphatic rings. The van der Waals surface area contributed by atoms with Crippen molar-refractivity contribution in [1.29, 1.82) is 0 Å². The van der Waals surface area contributed by atoms with E-state index < -0.39 is 0 Å². The Morgan fingerprint density at radius 3 is 2.94 bits per heavy atom. The largest absolute Gasteiger partial charge is 0.357 e. The fourth-order valence-electron chi connectivity index (χ4n) is 1.24. The van der Waals surface area contributed by atoms with Crippen molar-refractivity contribution in [2.75, 3.05) is 19.6 Å². The molecule has 1 rings (SSSR count). The normalized spacial score (nSPS) is 11.0. The molecule has 92 valence electrons. The van der Waals surface area contributed by atoms with Crippen molar-refractivity contribution in [3.05, 3.63) is 19.9 Å². The minimum Gasteiger partial charge on any atom is -0.357 e. The lowest BCUT2D eigenvalue weighted by molar-refractivity contribution is 0.858. The van der Waals surface area contributed by atoms with Crippen molar-refractivity contribution < 1.29 is 0 Å². The zero-order chi connectivity index (χ0) is 12.5. The predicted octanol–water partition coefficient (Wildman–Crippen LogP) is 2.08. The molecule has 0 unspecified atom stereocenters. The van der Waals surface area contributed by atoms with Crippen LogP contribution in [0, 0.1) is 15.2 Å².